The van der Waals surface area contributed by atoms with E-state index in [-0.39, 0.29) is 0 Å². The van der Waals surface area contributed by atoms with Crippen molar-refractivity contribution in [3.8, 4) is 11.1 Å². The molecule has 0 saturated carbocycles. The van der Waals surface area contributed by atoms with Crippen LogP contribution in [-0.2, 0) is 30.2 Å². The first-order chi connectivity index (χ1) is 11.4. The molecule has 0 fully saturated rings. The molecular formula is C16H17N5O2S. The van der Waals surface area contributed by atoms with Crippen molar-refractivity contribution >= 4 is 21.4 Å². The Morgan fingerprint density at radius 1 is 1.17 bits per heavy atom. The van der Waals surface area contributed by atoms with Crippen LogP contribution < -0.4 is 5.14 Å². The number of benzene rings is 1. The van der Waals surface area contributed by atoms with Crippen LogP contribution in [0.4, 0.5) is 0 Å². The van der Waals surface area contributed by atoms with Crippen molar-refractivity contribution in [2.45, 2.75) is 13.0 Å². The number of rotatable bonds is 2. The molecule has 0 unspecified atom stereocenters. The quantitative estimate of drug-likeness (QED) is 0.756. The van der Waals surface area contributed by atoms with Gasteiger partial charge in [0.15, 0.2) is 5.65 Å². The van der Waals surface area contributed by atoms with Gasteiger partial charge < -0.3 is 4.57 Å². The molecule has 8 heteroatoms. The van der Waals surface area contributed by atoms with Gasteiger partial charge in [-0.15, -0.1) is 0 Å². The van der Waals surface area contributed by atoms with E-state index in [2.05, 4.69) is 22.1 Å². The van der Waals surface area contributed by atoms with Crippen LogP contribution in [-0.4, -0.2) is 33.8 Å². The first-order valence-corrected chi connectivity index (χ1v) is 9.10. The number of pyridine rings is 1. The third kappa shape index (κ3) is 2.48. The summed E-state index contributed by atoms with van der Waals surface area (Å²) in [5.74, 6) is 0. The largest absolute Gasteiger partial charge is 0.332 e. The Hall–Kier alpha value is -2.29. The van der Waals surface area contributed by atoms with Crippen molar-refractivity contribution in [3.63, 3.8) is 0 Å². The molecule has 7 nitrogen and oxygen atoms in total. The monoisotopic (exact) mass is 343 g/mol. The second-order valence-electron chi connectivity index (χ2n) is 6.00. The van der Waals surface area contributed by atoms with Crippen molar-refractivity contribution in [2.75, 3.05) is 6.54 Å². The summed E-state index contributed by atoms with van der Waals surface area (Å²) in [6.07, 6.45) is 4.15. The van der Waals surface area contributed by atoms with E-state index in [9.17, 15) is 8.42 Å². The van der Waals surface area contributed by atoms with Crippen molar-refractivity contribution in [1.82, 2.24) is 18.8 Å². The molecule has 0 radical (unpaired) electrons. The van der Waals surface area contributed by atoms with Crippen LogP contribution in [0.25, 0.3) is 22.3 Å². The summed E-state index contributed by atoms with van der Waals surface area (Å²) >= 11 is 0. The number of aryl methyl sites for hydroxylation is 1. The van der Waals surface area contributed by atoms with Gasteiger partial charge in [0.2, 0.25) is 0 Å². The van der Waals surface area contributed by atoms with Crippen LogP contribution in [0, 0.1) is 0 Å². The molecule has 124 valence electrons. The number of hydrogen-bond donors (Lipinski definition) is 1. The summed E-state index contributed by atoms with van der Waals surface area (Å²) < 4.78 is 26.5. The first-order valence-electron chi connectivity index (χ1n) is 7.59. The maximum absolute atomic E-state index is 11.6. The molecule has 4 rings (SSSR count). The lowest BCUT2D eigenvalue weighted by Gasteiger charge is -2.26. The average Bonchev–Trinajstić information content (AvgIpc) is 2.94. The lowest BCUT2D eigenvalue weighted by molar-refractivity contribution is 0.392. The molecule has 24 heavy (non-hydrogen) atoms. The van der Waals surface area contributed by atoms with Gasteiger partial charge in [0, 0.05) is 31.9 Å². The van der Waals surface area contributed by atoms with Gasteiger partial charge in [0.05, 0.1) is 11.8 Å². The van der Waals surface area contributed by atoms with Crippen molar-refractivity contribution in [3.05, 3.63) is 47.9 Å². The zero-order valence-corrected chi connectivity index (χ0v) is 14.0. The molecule has 2 aromatic heterocycles. The first kappa shape index (κ1) is 15.3. The molecule has 0 saturated heterocycles. The zero-order valence-electron chi connectivity index (χ0n) is 13.2. The Balaban J connectivity index is 1.82. The van der Waals surface area contributed by atoms with E-state index >= 15 is 0 Å². The minimum atomic E-state index is -3.67. The molecule has 1 aliphatic rings. The third-order valence-corrected chi connectivity index (χ3v) is 5.50. The normalized spacial score (nSPS) is 15.6. The van der Waals surface area contributed by atoms with Gasteiger partial charge in [-0.3, -0.25) is 0 Å². The average molecular weight is 343 g/mol. The van der Waals surface area contributed by atoms with E-state index in [1.807, 2.05) is 23.7 Å². The van der Waals surface area contributed by atoms with Crippen molar-refractivity contribution in [1.29, 1.82) is 0 Å². The van der Waals surface area contributed by atoms with E-state index in [1.54, 1.807) is 12.5 Å². The summed E-state index contributed by atoms with van der Waals surface area (Å²) in [5, 5.41) is 5.28. The summed E-state index contributed by atoms with van der Waals surface area (Å²) in [7, 11) is -1.74. The van der Waals surface area contributed by atoms with Crippen LogP contribution in [0.2, 0.25) is 0 Å². The highest BCUT2D eigenvalue weighted by atomic mass is 32.2. The molecule has 1 aliphatic heterocycles. The zero-order chi connectivity index (χ0) is 16.9. The minimum absolute atomic E-state index is 0.307. The van der Waals surface area contributed by atoms with Gasteiger partial charge >= 0.3 is 0 Å². The second kappa shape index (κ2) is 5.37. The summed E-state index contributed by atoms with van der Waals surface area (Å²) in [5.41, 5.74) is 5.83. The fraction of sp³-hybridized carbons (Fsp3) is 0.250. The molecule has 0 aliphatic carbocycles. The van der Waals surface area contributed by atoms with Crippen LogP contribution in [0.1, 0.15) is 11.1 Å². The molecular weight excluding hydrogens is 326 g/mol. The van der Waals surface area contributed by atoms with E-state index in [0.29, 0.717) is 25.2 Å². The van der Waals surface area contributed by atoms with Crippen molar-refractivity contribution < 1.29 is 8.42 Å². The van der Waals surface area contributed by atoms with E-state index in [1.165, 1.54) is 4.31 Å². The Labute approximate surface area is 139 Å². The van der Waals surface area contributed by atoms with Gasteiger partial charge in [-0.1, -0.05) is 12.1 Å². The Morgan fingerprint density at radius 3 is 2.79 bits per heavy atom. The molecule has 0 spiro atoms. The minimum Gasteiger partial charge on any atom is -0.332 e. The van der Waals surface area contributed by atoms with Gasteiger partial charge in [0.25, 0.3) is 10.2 Å². The van der Waals surface area contributed by atoms with Crippen LogP contribution in [0.5, 0.6) is 0 Å². The van der Waals surface area contributed by atoms with Crippen molar-refractivity contribution in [2.24, 2.45) is 12.2 Å². The van der Waals surface area contributed by atoms with Crippen LogP contribution in [0.15, 0.2) is 36.8 Å². The van der Waals surface area contributed by atoms with Crippen LogP contribution >= 0.6 is 0 Å². The molecule has 2 N–H and O–H groups in total. The van der Waals surface area contributed by atoms with Crippen LogP contribution in [0.3, 0.4) is 0 Å². The Kier molecular flexibility index (Phi) is 3.41. The summed E-state index contributed by atoms with van der Waals surface area (Å²) in [6.45, 7) is 0.730. The second-order valence-corrected chi connectivity index (χ2v) is 7.54. The van der Waals surface area contributed by atoms with E-state index in [4.69, 9.17) is 5.14 Å². The van der Waals surface area contributed by atoms with Gasteiger partial charge in [-0.05, 0) is 35.2 Å². The molecule has 1 aromatic carbocycles. The number of imidazole rings is 1. The summed E-state index contributed by atoms with van der Waals surface area (Å²) in [4.78, 5) is 8.57. The van der Waals surface area contributed by atoms with E-state index < -0.39 is 10.2 Å². The molecule has 0 atom stereocenters. The lowest BCUT2D eigenvalue weighted by Crippen LogP contribution is -2.40. The number of nitrogens with two attached hydrogens (primary N) is 1. The van der Waals surface area contributed by atoms with E-state index in [0.717, 1.165) is 27.8 Å². The number of fused-ring (bicyclic) bond motifs is 2. The standard InChI is InChI=1S/C16H17N5O2S/c1-20-10-19-16-15(20)14(4-6-18-16)12-3-2-11-5-7-21(24(17,22)23)9-13(11)8-12/h2-4,6,8,10H,5,7,9H2,1H3,(H2,17,22,23). The molecule has 0 amide bonds. The number of aromatic nitrogens is 3. The maximum Gasteiger partial charge on any atom is 0.277 e. The predicted octanol–water partition coefficient (Wildman–Crippen LogP) is 1.20. The van der Waals surface area contributed by atoms with Gasteiger partial charge in [-0.2, -0.15) is 12.7 Å². The fourth-order valence-corrected chi connectivity index (χ4v) is 3.90. The summed E-state index contributed by atoms with van der Waals surface area (Å²) in [6, 6.07) is 8.11. The lowest BCUT2D eigenvalue weighted by atomic mass is 9.95. The Bertz CT molecular complexity index is 1040. The molecule has 3 heterocycles. The van der Waals surface area contributed by atoms with Gasteiger partial charge in [0.1, 0.15) is 0 Å². The predicted molar refractivity (Wildman–Crippen MR) is 91.2 cm³/mol. The number of hydrogen-bond acceptors (Lipinski definition) is 4. The van der Waals surface area contributed by atoms with Gasteiger partial charge in [-0.25, -0.2) is 15.1 Å². The Morgan fingerprint density at radius 2 is 2.00 bits per heavy atom. The maximum atomic E-state index is 11.6. The number of nitrogens with zero attached hydrogens (tertiary/aromatic N) is 4. The third-order valence-electron chi connectivity index (χ3n) is 4.47. The highest BCUT2D eigenvalue weighted by Gasteiger charge is 2.24. The molecule has 0 bridgehead atoms. The molecule has 3 aromatic rings. The topological polar surface area (TPSA) is 94.1 Å². The highest BCUT2D eigenvalue weighted by Crippen LogP contribution is 2.30. The highest BCUT2D eigenvalue weighted by molar-refractivity contribution is 7.86. The smallest absolute Gasteiger partial charge is 0.277 e. The fourth-order valence-electron chi connectivity index (χ4n) is 3.23. The SMILES string of the molecule is Cn1cnc2nccc(-c3ccc4c(c3)CN(S(N)(=O)=O)CC4)c21.